The lowest BCUT2D eigenvalue weighted by atomic mass is 10.2. The van der Waals surface area contributed by atoms with Crippen LogP contribution in [0.25, 0.3) is 10.9 Å². The van der Waals surface area contributed by atoms with E-state index in [-0.39, 0.29) is 0 Å². The van der Waals surface area contributed by atoms with E-state index in [1.807, 2.05) is 35.0 Å². The molecule has 0 radical (unpaired) electrons. The fourth-order valence-corrected chi connectivity index (χ4v) is 2.69. The minimum absolute atomic E-state index is 0.519. The van der Waals surface area contributed by atoms with Gasteiger partial charge in [0, 0.05) is 6.20 Å². The number of halogens is 1. The molecule has 4 nitrogen and oxygen atoms in total. The van der Waals surface area contributed by atoms with E-state index in [9.17, 15) is 0 Å². The maximum atomic E-state index is 6.22. The molecular weight excluding hydrogens is 286 g/mol. The zero-order valence-electron chi connectivity index (χ0n) is 12.0. The van der Waals surface area contributed by atoms with Crippen molar-refractivity contribution in [1.82, 2.24) is 14.8 Å². The van der Waals surface area contributed by atoms with Gasteiger partial charge >= 0.3 is 0 Å². The molecule has 0 spiro atoms. The Morgan fingerprint density at radius 1 is 1.19 bits per heavy atom. The average Bonchev–Trinajstić information content (AvgIpc) is 2.87. The third kappa shape index (κ3) is 2.59. The topological polar surface area (TPSA) is 39.9 Å². The zero-order valence-corrected chi connectivity index (χ0v) is 12.8. The van der Waals surface area contributed by atoms with Crippen molar-refractivity contribution < 1.29 is 4.74 Å². The highest BCUT2D eigenvalue weighted by Gasteiger charge is 2.13. The number of nitrogens with zero attached hydrogens (tertiary/aromatic N) is 3. The van der Waals surface area contributed by atoms with Crippen LogP contribution >= 0.6 is 11.6 Å². The molecule has 0 N–H and O–H groups in total. The van der Waals surface area contributed by atoms with Crippen LogP contribution in [0.15, 0.2) is 36.5 Å². The number of benzene rings is 1. The molecule has 0 unspecified atom stereocenters. The Hall–Kier alpha value is -2.07. The van der Waals surface area contributed by atoms with Gasteiger partial charge in [0.1, 0.15) is 10.9 Å². The van der Waals surface area contributed by atoms with Crippen LogP contribution in [0.3, 0.4) is 0 Å². The van der Waals surface area contributed by atoms with E-state index in [1.54, 1.807) is 13.3 Å². The lowest BCUT2D eigenvalue weighted by Crippen LogP contribution is -2.02. The SMILES string of the molecule is CCc1nn(Cc2ccc(OC)cc2)c2ccnc(Cl)c12. The van der Waals surface area contributed by atoms with Crippen LogP contribution < -0.4 is 4.74 Å². The first-order chi connectivity index (χ1) is 10.2. The van der Waals surface area contributed by atoms with Crippen molar-refractivity contribution >= 4 is 22.5 Å². The van der Waals surface area contributed by atoms with Gasteiger partial charge in [-0.1, -0.05) is 30.7 Å². The molecule has 3 aromatic rings. The van der Waals surface area contributed by atoms with Gasteiger partial charge in [-0.15, -0.1) is 0 Å². The molecule has 0 saturated carbocycles. The Bertz CT molecular complexity index is 765. The van der Waals surface area contributed by atoms with Crippen molar-refractivity contribution in [2.45, 2.75) is 19.9 Å². The van der Waals surface area contributed by atoms with Gasteiger partial charge < -0.3 is 4.74 Å². The van der Waals surface area contributed by atoms with Gasteiger partial charge in [-0.3, -0.25) is 4.68 Å². The molecule has 1 aromatic carbocycles. The third-order valence-corrected chi connectivity index (χ3v) is 3.80. The van der Waals surface area contributed by atoms with Crippen molar-refractivity contribution in [3.8, 4) is 5.75 Å². The maximum Gasteiger partial charge on any atom is 0.140 e. The van der Waals surface area contributed by atoms with Crippen LogP contribution in [0.1, 0.15) is 18.2 Å². The highest BCUT2D eigenvalue weighted by atomic mass is 35.5. The van der Waals surface area contributed by atoms with E-state index in [4.69, 9.17) is 16.3 Å². The largest absolute Gasteiger partial charge is 0.497 e. The third-order valence-electron chi connectivity index (χ3n) is 3.52. The summed E-state index contributed by atoms with van der Waals surface area (Å²) in [4.78, 5) is 4.15. The number of fused-ring (bicyclic) bond motifs is 1. The highest BCUT2D eigenvalue weighted by Crippen LogP contribution is 2.26. The van der Waals surface area contributed by atoms with Crippen molar-refractivity contribution in [3.05, 3.63) is 52.9 Å². The number of ether oxygens (including phenoxy) is 1. The standard InChI is InChI=1S/C16H16ClN3O/c1-3-13-15-14(8-9-18-16(15)17)20(19-13)10-11-4-6-12(21-2)7-5-11/h4-9H,3,10H2,1-2H3. The molecule has 0 fully saturated rings. The second kappa shape index (κ2) is 5.74. The minimum atomic E-state index is 0.519. The molecule has 108 valence electrons. The molecule has 0 aliphatic heterocycles. The Morgan fingerprint density at radius 2 is 1.95 bits per heavy atom. The van der Waals surface area contributed by atoms with Crippen LogP contribution in [0.2, 0.25) is 5.15 Å². The second-order valence-electron chi connectivity index (χ2n) is 4.80. The molecule has 0 amide bonds. The van der Waals surface area contributed by atoms with Crippen LogP contribution in [-0.2, 0) is 13.0 Å². The first kappa shape index (κ1) is 13.9. The summed E-state index contributed by atoms with van der Waals surface area (Å²) in [5, 5.41) is 6.14. The second-order valence-corrected chi connectivity index (χ2v) is 5.16. The number of hydrogen-bond acceptors (Lipinski definition) is 3. The highest BCUT2D eigenvalue weighted by molar-refractivity contribution is 6.34. The van der Waals surface area contributed by atoms with Crippen LogP contribution in [0, 0.1) is 0 Å². The summed E-state index contributed by atoms with van der Waals surface area (Å²) < 4.78 is 7.15. The fourth-order valence-electron chi connectivity index (χ4n) is 2.43. The summed E-state index contributed by atoms with van der Waals surface area (Å²) in [5.74, 6) is 0.852. The molecule has 0 bridgehead atoms. The molecule has 21 heavy (non-hydrogen) atoms. The van der Waals surface area contributed by atoms with Gasteiger partial charge in [-0.2, -0.15) is 5.10 Å². The first-order valence-electron chi connectivity index (χ1n) is 6.85. The quantitative estimate of drug-likeness (QED) is 0.690. The van der Waals surface area contributed by atoms with Crippen molar-refractivity contribution in [2.24, 2.45) is 0 Å². The van der Waals surface area contributed by atoms with E-state index in [0.29, 0.717) is 11.7 Å². The summed E-state index contributed by atoms with van der Waals surface area (Å²) in [6.07, 6.45) is 2.55. The average molecular weight is 302 g/mol. The van der Waals surface area contributed by atoms with Crippen LogP contribution in [-0.4, -0.2) is 21.9 Å². The van der Waals surface area contributed by atoms with Crippen molar-refractivity contribution in [3.63, 3.8) is 0 Å². The maximum absolute atomic E-state index is 6.22. The predicted molar refractivity (Wildman–Crippen MR) is 84.0 cm³/mol. The smallest absolute Gasteiger partial charge is 0.140 e. The Morgan fingerprint density at radius 3 is 2.62 bits per heavy atom. The van der Waals surface area contributed by atoms with Crippen molar-refractivity contribution in [1.29, 1.82) is 0 Å². The van der Waals surface area contributed by atoms with E-state index >= 15 is 0 Å². The first-order valence-corrected chi connectivity index (χ1v) is 7.23. The Balaban J connectivity index is 2.02. The van der Waals surface area contributed by atoms with Gasteiger partial charge in [0.2, 0.25) is 0 Å². The Kier molecular flexibility index (Phi) is 3.80. The number of aromatic nitrogens is 3. The number of methoxy groups -OCH3 is 1. The normalized spacial score (nSPS) is 11.0. The molecule has 2 heterocycles. The van der Waals surface area contributed by atoms with E-state index in [0.717, 1.165) is 34.3 Å². The van der Waals surface area contributed by atoms with Gasteiger partial charge in [0.15, 0.2) is 0 Å². The molecule has 0 aliphatic carbocycles. The van der Waals surface area contributed by atoms with E-state index < -0.39 is 0 Å². The van der Waals surface area contributed by atoms with Gasteiger partial charge in [0.25, 0.3) is 0 Å². The fraction of sp³-hybridized carbons (Fsp3) is 0.250. The van der Waals surface area contributed by atoms with E-state index in [2.05, 4.69) is 17.0 Å². The van der Waals surface area contributed by atoms with Gasteiger partial charge in [0.05, 0.1) is 30.3 Å². The zero-order chi connectivity index (χ0) is 14.8. The van der Waals surface area contributed by atoms with E-state index in [1.165, 1.54) is 0 Å². The summed E-state index contributed by atoms with van der Waals surface area (Å²) in [6.45, 7) is 2.77. The number of rotatable bonds is 4. The molecular formula is C16H16ClN3O. The predicted octanol–water partition coefficient (Wildman–Crippen LogP) is 3.70. The molecule has 0 atom stereocenters. The number of hydrogen-bond donors (Lipinski definition) is 0. The summed E-state index contributed by atoms with van der Waals surface area (Å²) in [6, 6.07) is 9.95. The lowest BCUT2D eigenvalue weighted by Gasteiger charge is -2.05. The summed E-state index contributed by atoms with van der Waals surface area (Å²) in [5.41, 5.74) is 3.16. The van der Waals surface area contributed by atoms with Crippen LogP contribution in [0.5, 0.6) is 5.75 Å². The van der Waals surface area contributed by atoms with Crippen LogP contribution in [0.4, 0.5) is 0 Å². The monoisotopic (exact) mass is 301 g/mol. The molecule has 0 aliphatic rings. The molecule has 0 saturated heterocycles. The van der Waals surface area contributed by atoms with Crippen molar-refractivity contribution in [2.75, 3.05) is 7.11 Å². The lowest BCUT2D eigenvalue weighted by molar-refractivity contribution is 0.414. The number of pyridine rings is 1. The minimum Gasteiger partial charge on any atom is -0.497 e. The summed E-state index contributed by atoms with van der Waals surface area (Å²) in [7, 11) is 1.67. The van der Waals surface area contributed by atoms with Gasteiger partial charge in [-0.25, -0.2) is 4.98 Å². The molecule has 5 heteroatoms. The summed E-state index contributed by atoms with van der Waals surface area (Å²) >= 11 is 6.22. The molecule has 2 aromatic heterocycles. The number of aryl methyl sites for hydroxylation is 1. The molecule has 3 rings (SSSR count). The Labute approximate surface area is 128 Å². The van der Waals surface area contributed by atoms with Gasteiger partial charge in [-0.05, 0) is 30.2 Å².